The molecule has 2 N–H and O–H groups in total. The highest BCUT2D eigenvalue weighted by Gasteiger charge is 2.27. The van der Waals surface area contributed by atoms with Crippen molar-refractivity contribution in [3.05, 3.63) is 53.7 Å². The van der Waals surface area contributed by atoms with E-state index < -0.39 is 0 Å². The van der Waals surface area contributed by atoms with Crippen LogP contribution >= 0.6 is 11.6 Å². The maximum absolute atomic E-state index is 12.3. The van der Waals surface area contributed by atoms with Gasteiger partial charge in [-0.1, -0.05) is 22.4 Å². The molecule has 120 valence electrons. The topological polar surface area (TPSA) is 59.7 Å². The molecule has 2 heterocycles. The number of nitrogens with one attached hydrogen (secondary N) is 1. The van der Waals surface area contributed by atoms with Crippen LogP contribution < -0.4 is 14.9 Å². The fourth-order valence-corrected chi connectivity index (χ4v) is 2.68. The molecule has 1 aliphatic rings. The predicted octanol–water partition coefficient (Wildman–Crippen LogP) is 2.22. The molecule has 0 spiro atoms. The first-order valence-electron chi connectivity index (χ1n) is 7.40. The molecule has 0 unspecified atom stereocenters. The van der Waals surface area contributed by atoms with Gasteiger partial charge in [0.25, 0.3) is 0 Å². The second-order valence-electron chi connectivity index (χ2n) is 5.31. The number of pyridine rings is 1. The van der Waals surface area contributed by atoms with Gasteiger partial charge in [0.15, 0.2) is 0 Å². The van der Waals surface area contributed by atoms with Crippen LogP contribution in [0.25, 0.3) is 0 Å². The van der Waals surface area contributed by atoms with E-state index in [4.69, 9.17) is 11.6 Å². The Morgan fingerprint density at radius 2 is 1.78 bits per heavy atom. The Labute approximate surface area is 139 Å². The average molecular weight is 334 g/mol. The first-order chi connectivity index (χ1) is 11.1. The molecule has 0 radical (unpaired) electrons. The molecular weight excluding hydrogens is 316 g/mol. The number of nitrogens with zero attached hydrogens (tertiary/aromatic N) is 3. The summed E-state index contributed by atoms with van der Waals surface area (Å²) in [6, 6.07) is 12.4. The molecule has 2 aromatic rings. The molecule has 0 bridgehead atoms. The van der Waals surface area contributed by atoms with Crippen LogP contribution in [0.1, 0.15) is 0 Å². The second kappa shape index (κ2) is 6.75. The molecule has 7 heteroatoms. The Morgan fingerprint density at radius 3 is 2.43 bits per heavy atom. The summed E-state index contributed by atoms with van der Waals surface area (Å²) in [5.74, 6) is 0.727. The standard InChI is InChI=1S/C16H17ClN4O2/c17-13-4-6-14(7-5-13)18-16(22)20-11-9-19(10-12-20)15-3-1-2-8-21(15)23/h1-8H,9-12H2,(H-,18,22,23)/p+1. The summed E-state index contributed by atoms with van der Waals surface area (Å²) in [5.41, 5.74) is 0.720. The van der Waals surface area contributed by atoms with Crippen LogP contribution in [0, 0.1) is 0 Å². The quantitative estimate of drug-likeness (QED) is 0.654. The number of carbonyl (C=O) groups excluding carboxylic acids is 1. The van der Waals surface area contributed by atoms with Gasteiger partial charge >= 0.3 is 11.8 Å². The Bertz CT molecular complexity index is 685. The highest BCUT2D eigenvalue weighted by molar-refractivity contribution is 6.30. The van der Waals surface area contributed by atoms with Crippen molar-refractivity contribution in [2.75, 3.05) is 36.4 Å². The molecule has 1 aromatic carbocycles. The number of benzene rings is 1. The summed E-state index contributed by atoms with van der Waals surface area (Å²) in [4.78, 5) is 16.1. The minimum Gasteiger partial charge on any atom is -0.350 e. The normalized spacial score (nSPS) is 14.7. The Kier molecular flexibility index (Phi) is 4.52. The van der Waals surface area contributed by atoms with Gasteiger partial charge in [-0.2, -0.15) is 0 Å². The number of aromatic nitrogens is 1. The van der Waals surface area contributed by atoms with Crippen LogP contribution in [0.5, 0.6) is 0 Å². The summed E-state index contributed by atoms with van der Waals surface area (Å²) in [5, 5.41) is 13.3. The van der Waals surface area contributed by atoms with Crippen LogP contribution in [0.15, 0.2) is 48.7 Å². The van der Waals surface area contributed by atoms with E-state index >= 15 is 0 Å². The molecule has 1 aromatic heterocycles. The third-order valence-electron chi connectivity index (χ3n) is 3.80. The largest absolute Gasteiger partial charge is 0.350 e. The van der Waals surface area contributed by atoms with Crippen molar-refractivity contribution in [3.8, 4) is 0 Å². The van der Waals surface area contributed by atoms with Crippen LogP contribution in [0.4, 0.5) is 16.3 Å². The second-order valence-corrected chi connectivity index (χ2v) is 5.75. The van der Waals surface area contributed by atoms with Gasteiger partial charge in [-0.15, -0.1) is 0 Å². The van der Waals surface area contributed by atoms with Crippen LogP contribution in [0.3, 0.4) is 0 Å². The Balaban J connectivity index is 1.57. The van der Waals surface area contributed by atoms with E-state index in [2.05, 4.69) is 5.32 Å². The van der Waals surface area contributed by atoms with Crippen LogP contribution in [-0.2, 0) is 0 Å². The highest BCUT2D eigenvalue weighted by Crippen LogP contribution is 2.15. The van der Waals surface area contributed by atoms with Crippen molar-refractivity contribution in [3.63, 3.8) is 0 Å². The maximum Gasteiger partial charge on any atom is 0.322 e. The summed E-state index contributed by atoms with van der Waals surface area (Å²) in [6.45, 7) is 2.51. The summed E-state index contributed by atoms with van der Waals surface area (Å²) >= 11 is 5.83. The number of hydrogen-bond acceptors (Lipinski definition) is 3. The monoisotopic (exact) mass is 333 g/mol. The maximum atomic E-state index is 12.3. The zero-order chi connectivity index (χ0) is 16.2. The van der Waals surface area contributed by atoms with Crippen LogP contribution in [0.2, 0.25) is 5.02 Å². The lowest BCUT2D eigenvalue weighted by atomic mass is 10.3. The average Bonchev–Trinajstić information content (AvgIpc) is 2.57. The molecule has 0 aliphatic carbocycles. The first-order valence-corrected chi connectivity index (χ1v) is 7.78. The van der Waals surface area contributed by atoms with E-state index in [1.54, 1.807) is 41.4 Å². The number of anilines is 2. The van der Waals surface area contributed by atoms with E-state index in [-0.39, 0.29) is 6.03 Å². The molecular formula is C16H18ClN4O2+. The van der Waals surface area contributed by atoms with Gasteiger partial charge in [0, 0.05) is 16.8 Å². The zero-order valence-electron chi connectivity index (χ0n) is 12.5. The minimum atomic E-state index is -0.128. The van der Waals surface area contributed by atoms with Gasteiger partial charge in [-0.25, -0.2) is 4.79 Å². The molecule has 2 amide bonds. The van der Waals surface area contributed by atoms with Gasteiger partial charge < -0.3 is 15.4 Å². The van der Waals surface area contributed by atoms with Crippen molar-refractivity contribution in [2.24, 2.45) is 0 Å². The smallest absolute Gasteiger partial charge is 0.322 e. The number of rotatable bonds is 2. The molecule has 1 fully saturated rings. The minimum absolute atomic E-state index is 0.128. The van der Waals surface area contributed by atoms with Crippen LogP contribution in [-0.4, -0.2) is 42.3 Å². The predicted molar refractivity (Wildman–Crippen MR) is 88.1 cm³/mol. The van der Waals surface area contributed by atoms with E-state index in [0.29, 0.717) is 31.2 Å². The summed E-state index contributed by atoms with van der Waals surface area (Å²) < 4.78 is 1.10. The van der Waals surface area contributed by atoms with Gasteiger partial charge in [0.05, 0.1) is 13.1 Å². The molecule has 1 aliphatic heterocycles. The lowest BCUT2D eigenvalue weighted by molar-refractivity contribution is -0.894. The summed E-state index contributed by atoms with van der Waals surface area (Å²) in [7, 11) is 0. The van der Waals surface area contributed by atoms with Crippen molar-refractivity contribution >= 4 is 29.1 Å². The van der Waals surface area contributed by atoms with E-state index in [1.807, 2.05) is 17.0 Å². The molecule has 6 nitrogen and oxygen atoms in total. The fraction of sp³-hybridized carbons (Fsp3) is 0.250. The van der Waals surface area contributed by atoms with Gasteiger partial charge in [-0.3, -0.25) is 4.90 Å². The molecule has 0 atom stereocenters. The van der Waals surface area contributed by atoms with Crippen molar-refractivity contribution in [1.82, 2.24) is 4.90 Å². The molecule has 23 heavy (non-hydrogen) atoms. The van der Waals surface area contributed by atoms with Gasteiger partial charge in [0.2, 0.25) is 0 Å². The van der Waals surface area contributed by atoms with Crippen molar-refractivity contribution < 1.29 is 14.7 Å². The number of urea groups is 1. The van der Waals surface area contributed by atoms with Gasteiger partial charge in [-0.05, 0) is 30.3 Å². The van der Waals surface area contributed by atoms with E-state index in [9.17, 15) is 10.0 Å². The van der Waals surface area contributed by atoms with Crippen molar-refractivity contribution in [1.29, 1.82) is 0 Å². The molecule has 0 saturated carbocycles. The number of carbonyl (C=O) groups is 1. The Hall–Kier alpha value is -2.47. The third kappa shape index (κ3) is 3.65. The number of halogens is 1. The highest BCUT2D eigenvalue weighted by atomic mass is 35.5. The SMILES string of the molecule is O=C(Nc1ccc(Cl)cc1)N1CCN(c2cccc[n+]2O)CC1. The molecule has 3 rings (SSSR count). The lowest BCUT2D eigenvalue weighted by Gasteiger charge is -2.31. The first kappa shape index (κ1) is 15.4. The van der Waals surface area contributed by atoms with E-state index in [0.717, 1.165) is 16.2 Å². The van der Waals surface area contributed by atoms with Crippen molar-refractivity contribution in [2.45, 2.75) is 0 Å². The zero-order valence-corrected chi connectivity index (χ0v) is 13.3. The van der Waals surface area contributed by atoms with Gasteiger partial charge in [0.1, 0.15) is 19.3 Å². The number of amides is 2. The molecule has 1 saturated heterocycles. The number of hydrogen-bond donors (Lipinski definition) is 2. The fourth-order valence-electron chi connectivity index (χ4n) is 2.55. The number of piperazine rings is 1. The third-order valence-corrected chi connectivity index (χ3v) is 4.06. The van der Waals surface area contributed by atoms with E-state index in [1.165, 1.54) is 0 Å². The summed E-state index contributed by atoms with van der Waals surface area (Å²) in [6.07, 6.45) is 1.59. The Morgan fingerprint density at radius 1 is 1.09 bits per heavy atom. The lowest BCUT2D eigenvalue weighted by Crippen LogP contribution is -2.53.